The van der Waals surface area contributed by atoms with E-state index >= 15 is 0 Å². The molecule has 1 atom stereocenters. The van der Waals surface area contributed by atoms with E-state index in [4.69, 9.17) is 14.2 Å². The van der Waals surface area contributed by atoms with Crippen LogP contribution in [0, 0.1) is 0 Å². The van der Waals surface area contributed by atoms with Gasteiger partial charge in [-0.15, -0.1) is 0 Å². The quantitative estimate of drug-likeness (QED) is 0.0261. The van der Waals surface area contributed by atoms with Gasteiger partial charge >= 0.3 is 17.9 Å². The van der Waals surface area contributed by atoms with Crippen molar-refractivity contribution in [2.45, 2.75) is 393 Å². The van der Waals surface area contributed by atoms with Crippen molar-refractivity contribution in [2.75, 3.05) is 13.2 Å². The fourth-order valence-electron chi connectivity index (χ4n) is 10.8. The Hall–Kier alpha value is -2.63. The Morgan fingerprint density at radius 1 is 0.263 bits per heavy atom. The van der Waals surface area contributed by atoms with Crippen LogP contribution >= 0.6 is 0 Å². The summed E-state index contributed by atoms with van der Waals surface area (Å²) < 4.78 is 17.0. The SMILES string of the molecule is CC/C=C\C/C=C\C/C=C\CCCCCCCC(=O)OCC(COC(=O)CCCCCCCCCCCCCCCCCCCCC/C=C\CCCCCCCCCC)OC(=O)CCCCCCCCCCCCCCCCCC. The number of carbonyl (C=O) groups is 3. The van der Waals surface area contributed by atoms with Gasteiger partial charge in [-0.3, -0.25) is 14.4 Å². The average molecular weight is 1120 g/mol. The van der Waals surface area contributed by atoms with Crippen LogP contribution in [0.4, 0.5) is 0 Å². The molecular weight excluding hydrogens is 985 g/mol. The average Bonchev–Trinajstić information content (AvgIpc) is 3.46. The van der Waals surface area contributed by atoms with Gasteiger partial charge in [0, 0.05) is 19.3 Å². The number of allylic oxidation sites excluding steroid dienone is 8. The zero-order valence-corrected chi connectivity index (χ0v) is 53.9. The van der Waals surface area contributed by atoms with Crippen LogP contribution in [-0.2, 0) is 28.6 Å². The van der Waals surface area contributed by atoms with Crippen molar-refractivity contribution in [3.8, 4) is 0 Å². The second kappa shape index (κ2) is 68.9. The lowest BCUT2D eigenvalue weighted by Crippen LogP contribution is -2.30. The van der Waals surface area contributed by atoms with Gasteiger partial charge in [0.15, 0.2) is 6.10 Å². The molecule has 0 aliphatic heterocycles. The summed E-state index contributed by atoms with van der Waals surface area (Å²) >= 11 is 0. The van der Waals surface area contributed by atoms with Crippen molar-refractivity contribution >= 4 is 17.9 Å². The zero-order valence-electron chi connectivity index (χ0n) is 53.9. The first-order valence-electron chi connectivity index (χ1n) is 35.6. The van der Waals surface area contributed by atoms with Gasteiger partial charge in [0.25, 0.3) is 0 Å². The van der Waals surface area contributed by atoms with Crippen molar-refractivity contribution in [1.29, 1.82) is 0 Å². The van der Waals surface area contributed by atoms with Gasteiger partial charge in [0.05, 0.1) is 0 Å². The zero-order chi connectivity index (χ0) is 57.8. The van der Waals surface area contributed by atoms with Gasteiger partial charge in [-0.1, -0.05) is 339 Å². The maximum Gasteiger partial charge on any atom is 0.306 e. The van der Waals surface area contributed by atoms with Gasteiger partial charge in [-0.25, -0.2) is 0 Å². The van der Waals surface area contributed by atoms with E-state index in [1.165, 1.54) is 250 Å². The number of esters is 3. The largest absolute Gasteiger partial charge is 0.462 e. The fraction of sp³-hybridized carbons (Fsp3) is 0.851. The predicted molar refractivity (Wildman–Crippen MR) is 349 cm³/mol. The fourth-order valence-corrected chi connectivity index (χ4v) is 10.8. The summed E-state index contributed by atoms with van der Waals surface area (Å²) in [5, 5.41) is 0. The van der Waals surface area contributed by atoms with Crippen molar-refractivity contribution in [2.24, 2.45) is 0 Å². The second-order valence-corrected chi connectivity index (χ2v) is 24.1. The van der Waals surface area contributed by atoms with E-state index in [1.54, 1.807) is 0 Å². The maximum absolute atomic E-state index is 12.9. The third-order valence-electron chi connectivity index (χ3n) is 16.1. The molecule has 0 radical (unpaired) electrons. The molecule has 0 heterocycles. The van der Waals surface area contributed by atoms with Gasteiger partial charge in [0.2, 0.25) is 0 Å². The molecule has 0 aromatic heterocycles. The number of ether oxygens (including phenoxy) is 3. The topological polar surface area (TPSA) is 78.9 Å². The van der Waals surface area contributed by atoms with E-state index in [0.717, 1.165) is 96.3 Å². The molecule has 0 spiro atoms. The highest BCUT2D eigenvalue weighted by Gasteiger charge is 2.19. The molecule has 0 aliphatic carbocycles. The molecule has 0 N–H and O–H groups in total. The Morgan fingerprint density at radius 2 is 0.487 bits per heavy atom. The van der Waals surface area contributed by atoms with E-state index in [-0.39, 0.29) is 31.1 Å². The van der Waals surface area contributed by atoms with Crippen LogP contribution in [0.1, 0.15) is 387 Å². The minimum absolute atomic E-state index is 0.0735. The molecule has 80 heavy (non-hydrogen) atoms. The number of unbranched alkanes of at least 4 members (excludes halogenated alkanes) is 47. The number of hydrogen-bond acceptors (Lipinski definition) is 6. The minimum atomic E-state index is -0.778. The molecule has 0 bridgehead atoms. The Kier molecular flexibility index (Phi) is 66.6. The molecule has 0 saturated carbocycles. The van der Waals surface area contributed by atoms with Crippen molar-refractivity contribution < 1.29 is 28.6 Å². The smallest absolute Gasteiger partial charge is 0.306 e. The lowest BCUT2D eigenvalue weighted by atomic mass is 10.0. The summed E-state index contributed by atoms with van der Waals surface area (Å²) in [6, 6.07) is 0. The minimum Gasteiger partial charge on any atom is -0.462 e. The molecule has 6 nitrogen and oxygen atoms in total. The van der Waals surface area contributed by atoms with E-state index in [2.05, 4.69) is 69.4 Å². The van der Waals surface area contributed by atoms with Crippen LogP contribution in [0.15, 0.2) is 48.6 Å². The first kappa shape index (κ1) is 77.4. The van der Waals surface area contributed by atoms with Crippen LogP contribution in [0.5, 0.6) is 0 Å². The highest BCUT2D eigenvalue weighted by atomic mass is 16.6. The van der Waals surface area contributed by atoms with Crippen LogP contribution in [0.2, 0.25) is 0 Å². The highest BCUT2D eigenvalue weighted by molar-refractivity contribution is 5.71. The van der Waals surface area contributed by atoms with Crippen LogP contribution < -0.4 is 0 Å². The van der Waals surface area contributed by atoms with Gasteiger partial charge in [0.1, 0.15) is 13.2 Å². The number of carbonyl (C=O) groups excluding carboxylic acids is 3. The molecule has 0 amide bonds. The van der Waals surface area contributed by atoms with Crippen LogP contribution in [0.3, 0.4) is 0 Å². The van der Waals surface area contributed by atoms with E-state index in [0.29, 0.717) is 19.3 Å². The van der Waals surface area contributed by atoms with E-state index in [9.17, 15) is 14.4 Å². The lowest BCUT2D eigenvalue weighted by molar-refractivity contribution is -0.167. The predicted octanol–water partition coefficient (Wildman–Crippen LogP) is 24.5. The lowest BCUT2D eigenvalue weighted by Gasteiger charge is -2.18. The molecule has 0 aromatic carbocycles. The summed E-state index contributed by atoms with van der Waals surface area (Å²) in [4.78, 5) is 38.4. The molecule has 0 aliphatic rings. The second-order valence-electron chi connectivity index (χ2n) is 24.1. The maximum atomic E-state index is 12.9. The van der Waals surface area contributed by atoms with Gasteiger partial charge in [-0.05, 0) is 77.0 Å². The molecular formula is C74H136O6. The molecule has 0 saturated heterocycles. The van der Waals surface area contributed by atoms with Crippen molar-refractivity contribution in [1.82, 2.24) is 0 Å². The molecule has 6 heteroatoms. The summed E-state index contributed by atoms with van der Waals surface area (Å²) in [6.07, 6.45) is 87.3. The molecule has 0 fully saturated rings. The highest BCUT2D eigenvalue weighted by Crippen LogP contribution is 2.18. The van der Waals surface area contributed by atoms with Crippen LogP contribution in [-0.4, -0.2) is 37.2 Å². The summed E-state index contributed by atoms with van der Waals surface area (Å²) in [5.41, 5.74) is 0. The normalized spacial score (nSPS) is 12.3. The Balaban J connectivity index is 4.16. The van der Waals surface area contributed by atoms with Crippen LogP contribution in [0.25, 0.3) is 0 Å². The molecule has 1 unspecified atom stereocenters. The molecule has 0 rings (SSSR count). The standard InChI is InChI=1S/C74H136O6/c1-4-7-10-13-16-19-22-25-28-30-31-32-33-34-35-36-37-38-39-40-41-42-43-44-47-49-52-55-58-61-64-67-73(76)79-70-71(69-78-72(75)66-63-60-57-54-51-48-45-27-24-21-18-15-12-9-6-3)80-74(77)68-65-62-59-56-53-50-46-29-26-23-20-17-14-11-8-5-2/h9,12,18,21,27,30-31,45,71H,4-8,10-11,13-17,19-20,22-26,28-29,32-44,46-70H2,1-3H3/b12-9-,21-18-,31-30-,45-27-. The Bertz CT molecular complexity index is 1380. The van der Waals surface area contributed by atoms with E-state index in [1.807, 2.05) is 0 Å². The third kappa shape index (κ3) is 66.2. The Labute approximate surface area is 498 Å². The summed E-state index contributed by atoms with van der Waals surface area (Å²) in [6.45, 7) is 6.58. The van der Waals surface area contributed by atoms with E-state index < -0.39 is 6.10 Å². The van der Waals surface area contributed by atoms with Crippen molar-refractivity contribution in [3.05, 3.63) is 48.6 Å². The summed E-state index contributed by atoms with van der Waals surface area (Å²) in [7, 11) is 0. The van der Waals surface area contributed by atoms with Crippen molar-refractivity contribution in [3.63, 3.8) is 0 Å². The van der Waals surface area contributed by atoms with Gasteiger partial charge < -0.3 is 14.2 Å². The first-order chi connectivity index (χ1) is 39.5. The summed E-state index contributed by atoms with van der Waals surface area (Å²) in [5.74, 6) is -0.865. The number of rotatable bonds is 66. The number of hydrogen-bond donors (Lipinski definition) is 0. The first-order valence-corrected chi connectivity index (χ1v) is 35.6. The molecule has 0 aromatic rings. The van der Waals surface area contributed by atoms with Gasteiger partial charge in [-0.2, -0.15) is 0 Å². The Morgan fingerprint density at radius 3 is 0.775 bits per heavy atom. The third-order valence-corrected chi connectivity index (χ3v) is 16.1. The molecule has 468 valence electrons. The monoisotopic (exact) mass is 1120 g/mol.